The normalized spacial score (nSPS) is 22.4. The molecule has 2 atom stereocenters. The maximum atomic E-state index is 12.3. The lowest BCUT2D eigenvalue weighted by molar-refractivity contribution is -0.147. The van der Waals surface area contributed by atoms with Crippen LogP contribution in [0.5, 0.6) is 0 Å². The summed E-state index contributed by atoms with van der Waals surface area (Å²) in [5.41, 5.74) is 1.30. The smallest absolute Gasteiger partial charge is 0.333 e. The van der Waals surface area contributed by atoms with Gasteiger partial charge < -0.3 is 9.47 Å². The highest BCUT2D eigenvalue weighted by Crippen LogP contribution is 2.59. The molecule has 1 aliphatic rings. The monoisotopic (exact) mass is 428 g/mol. The first-order chi connectivity index (χ1) is 10.8. The van der Waals surface area contributed by atoms with Gasteiger partial charge in [0.05, 0.1) is 13.0 Å². The fraction of sp³-hybridized carbons (Fsp3) is 0.444. The van der Waals surface area contributed by atoms with Gasteiger partial charge in [0, 0.05) is 9.14 Å². The predicted octanol–water partition coefficient (Wildman–Crippen LogP) is 3.73. The van der Waals surface area contributed by atoms with Crippen molar-refractivity contribution in [3.05, 3.63) is 45.0 Å². The highest BCUT2D eigenvalue weighted by Gasteiger charge is 2.61. The molecule has 0 saturated heterocycles. The van der Waals surface area contributed by atoms with E-state index in [0.717, 1.165) is 9.13 Å². The number of allylic oxidation sites excluding steroid dienone is 1. The van der Waals surface area contributed by atoms with Gasteiger partial charge in [0.25, 0.3) is 0 Å². The second kappa shape index (κ2) is 7.03. The molecule has 2 unspecified atom stereocenters. The predicted molar refractivity (Wildman–Crippen MR) is 95.5 cm³/mol. The molecule has 1 aliphatic carbocycles. The van der Waals surface area contributed by atoms with Crippen molar-refractivity contribution in [3.8, 4) is 0 Å². The van der Waals surface area contributed by atoms with Crippen LogP contribution in [0.25, 0.3) is 0 Å². The van der Waals surface area contributed by atoms with Crippen molar-refractivity contribution in [3.63, 3.8) is 0 Å². The van der Waals surface area contributed by atoms with Crippen molar-refractivity contribution in [2.24, 2.45) is 17.3 Å². The lowest BCUT2D eigenvalue weighted by Crippen LogP contribution is -2.10. The van der Waals surface area contributed by atoms with Crippen LogP contribution in [0.1, 0.15) is 26.3 Å². The molecule has 1 aromatic carbocycles. The van der Waals surface area contributed by atoms with Crippen molar-refractivity contribution in [1.82, 2.24) is 0 Å². The first-order valence-corrected chi connectivity index (χ1v) is 8.53. The maximum Gasteiger partial charge on any atom is 0.333 e. The zero-order valence-corrected chi connectivity index (χ0v) is 15.9. The lowest BCUT2D eigenvalue weighted by Gasteiger charge is -2.06. The van der Waals surface area contributed by atoms with E-state index in [0.29, 0.717) is 5.57 Å². The number of benzene rings is 1. The van der Waals surface area contributed by atoms with Crippen LogP contribution in [0, 0.1) is 20.8 Å². The minimum absolute atomic E-state index is 0.00464. The molecule has 0 radical (unpaired) electrons. The van der Waals surface area contributed by atoms with E-state index in [9.17, 15) is 9.59 Å². The van der Waals surface area contributed by atoms with Crippen LogP contribution in [0.4, 0.5) is 0 Å². The largest absolute Gasteiger partial charge is 0.466 e. The van der Waals surface area contributed by atoms with Gasteiger partial charge in [-0.2, -0.15) is 0 Å². The Kier molecular flexibility index (Phi) is 5.49. The molecule has 0 N–H and O–H groups in total. The number of hydrogen-bond acceptors (Lipinski definition) is 4. The van der Waals surface area contributed by atoms with E-state index < -0.39 is 0 Å². The number of ether oxygens (including phenoxy) is 2. The Hall–Kier alpha value is -1.37. The Labute approximate surface area is 150 Å². The van der Waals surface area contributed by atoms with E-state index in [1.807, 2.05) is 44.2 Å². The van der Waals surface area contributed by atoms with Crippen molar-refractivity contribution in [1.29, 1.82) is 0 Å². The summed E-state index contributed by atoms with van der Waals surface area (Å²) in [6, 6.07) is 7.86. The average molecular weight is 428 g/mol. The van der Waals surface area contributed by atoms with Crippen LogP contribution in [0.2, 0.25) is 0 Å². The van der Waals surface area contributed by atoms with Gasteiger partial charge in [0.2, 0.25) is 0 Å². The Balaban J connectivity index is 1.98. The minimum atomic E-state index is -0.362. The van der Waals surface area contributed by atoms with Gasteiger partial charge in [0.15, 0.2) is 0 Å². The zero-order valence-electron chi connectivity index (χ0n) is 13.8. The van der Waals surface area contributed by atoms with Crippen LogP contribution in [-0.4, -0.2) is 19.0 Å². The SMILES string of the molecule is COC(=O)/C(C)=C/C1C(C(=O)OCc2cccc(I)c2)C1(C)C. The summed E-state index contributed by atoms with van der Waals surface area (Å²) in [5.74, 6) is -0.790. The highest BCUT2D eigenvalue weighted by molar-refractivity contribution is 14.1. The number of rotatable bonds is 5. The van der Waals surface area contributed by atoms with E-state index in [1.54, 1.807) is 6.92 Å². The molecule has 0 amide bonds. The summed E-state index contributed by atoms with van der Waals surface area (Å²) in [7, 11) is 1.35. The molecule has 0 spiro atoms. The maximum absolute atomic E-state index is 12.3. The van der Waals surface area contributed by atoms with Crippen LogP contribution < -0.4 is 0 Å². The minimum Gasteiger partial charge on any atom is -0.466 e. The van der Waals surface area contributed by atoms with Crippen LogP contribution in [0.15, 0.2) is 35.9 Å². The van der Waals surface area contributed by atoms with Gasteiger partial charge in [-0.05, 0) is 58.5 Å². The van der Waals surface area contributed by atoms with Crippen molar-refractivity contribution in [2.45, 2.75) is 27.4 Å². The number of esters is 2. The number of carbonyl (C=O) groups is 2. The molecule has 1 saturated carbocycles. The molecule has 0 aliphatic heterocycles. The fourth-order valence-electron chi connectivity index (χ4n) is 2.81. The molecular weight excluding hydrogens is 407 g/mol. The summed E-state index contributed by atoms with van der Waals surface area (Å²) < 4.78 is 11.3. The molecule has 0 bridgehead atoms. The Morgan fingerprint density at radius 2 is 2.04 bits per heavy atom. The molecule has 124 valence electrons. The van der Waals surface area contributed by atoms with E-state index in [-0.39, 0.29) is 35.8 Å². The molecule has 1 aromatic rings. The third-order valence-corrected chi connectivity index (χ3v) is 5.04. The first kappa shape index (κ1) is 18.0. The van der Waals surface area contributed by atoms with Gasteiger partial charge in [-0.3, -0.25) is 4.79 Å². The third-order valence-electron chi connectivity index (χ3n) is 4.37. The molecule has 1 fully saturated rings. The standard InChI is InChI=1S/C18H21IO4/c1-11(16(20)22-4)8-14-15(18(14,2)3)17(21)23-10-12-6-5-7-13(19)9-12/h5-9,14-15H,10H2,1-4H3/b11-8+. The second-order valence-electron chi connectivity index (χ2n) is 6.40. The van der Waals surface area contributed by atoms with Gasteiger partial charge in [0.1, 0.15) is 6.61 Å². The zero-order chi connectivity index (χ0) is 17.2. The van der Waals surface area contributed by atoms with E-state index in [2.05, 4.69) is 22.6 Å². The summed E-state index contributed by atoms with van der Waals surface area (Å²) in [6.45, 7) is 6.00. The van der Waals surface area contributed by atoms with E-state index in [1.165, 1.54) is 7.11 Å². The molecule has 5 heteroatoms. The first-order valence-electron chi connectivity index (χ1n) is 7.45. The topological polar surface area (TPSA) is 52.6 Å². The number of carbonyl (C=O) groups excluding carboxylic acids is 2. The van der Waals surface area contributed by atoms with E-state index >= 15 is 0 Å². The molecule has 0 heterocycles. The van der Waals surface area contributed by atoms with Crippen LogP contribution in [-0.2, 0) is 25.7 Å². The summed E-state index contributed by atoms with van der Waals surface area (Å²) in [5, 5.41) is 0. The highest BCUT2D eigenvalue weighted by atomic mass is 127. The number of halogens is 1. The van der Waals surface area contributed by atoms with Gasteiger partial charge in [-0.15, -0.1) is 0 Å². The lowest BCUT2D eigenvalue weighted by atomic mass is 10.1. The van der Waals surface area contributed by atoms with Gasteiger partial charge in [-0.1, -0.05) is 32.1 Å². The second-order valence-corrected chi connectivity index (χ2v) is 7.65. The van der Waals surface area contributed by atoms with Crippen molar-refractivity contribution >= 4 is 34.5 Å². The average Bonchev–Trinajstić information content (AvgIpc) is 3.04. The van der Waals surface area contributed by atoms with Gasteiger partial charge >= 0.3 is 11.9 Å². The molecule has 23 heavy (non-hydrogen) atoms. The van der Waals surface area contributed by atoms with E-state index in [4.69, 9.17) is 9.47 Å². The Morgan fingerprint density at radius 1 is 1.35 bits per heavy atom. The van der Waals surface area contributed by atoms with Crippen molar-refractivity contribution < 1.29 is 19.1 Å². The molecule has 0 aromatic heterocycles. The fourth-order valence-corrected chi connectivity index (χ4v) is 3.42. The number of methoxy groups -OCH3 is 1. The summed E-state index contributed by atoms with van der Waals surface area (Å²) in [4.78, 5) is 23.8. The van der Waals surface area contributed by atoms with Crippen molar-refractivity contribution in [2.75, 3.05) is 7.11 Å². The summed E-state index contributed by atoms with van der Waals surface area (Å²) in [6.07, 6.45) is 1.82. The third kappa shape index (κ3) is 4.13. The molecule has 4 nitrogen and oxygen atoms in total. The number of hydrogen-bond donors (Lipinski definition) is 0. The molecular formula is C18H21IO4. The molecule has 2 rings (SSSR count). The van der Waals surface area contributed by atoms with Gasteiger partial charge in [-0.25, -0.2) is 4.79 Å². The van der Waals surface area contributed by atoms with Crippen LogP contribution in [0.3, 0.4) is 0 Å². The van der Waals surface area contributed by atoms with Crippen LogP contribution >= 0.6 is 22.6 Å². The quantitative estimate of drug-likeness (QED) is 0.408. The summed E-state index contributed by atoms with van der Waals surface area (Å²) >= 11 is 2.23. The Morgan fingerprint density at radius 3 is 2.65 bits per heavy atom. The Bertz CT molecular complexity index is 648.